The Bertz CT molecular complexity index is 888. The van der Waals surface area contributed by atoms with E-state index in [1.807, 2.05) is 5.38 Å². The smallest absolute Gasteiger partial charge is 0.335 e. The van der Waals surface area contributed by atoms with Gasteiger partial charge in [-0.05, 0) is 36.4 Å². The van der Waals surface area contributed by atoms with Crippen LogP contribution in [0.4, 0.5) is 16.5 Å². The number of non-ortho nitro benzene ring substituents is 1. The summed E-state index contributed by atoms with van der Waals surface area (Å²) in [5, 5.41) is 25.1. The highest BCUT2D eigenvalue weighted by Crippen LogP contribution is 2.28. The molecule has 24 heavy (non-hydrogen) atoms. The van der Waals surface area contributed by atoms with Crippen molar-refractivity contribution in [3.8, 4) is 11.3 Å². The molecule has 0 fully saturated rings. The quantitative estimate of drug-likeness (QED) is 0.533. The maximum atomic E-state index is 10.8. The Morgan fingerprint density at radius 1 is 1.12 bits per heavy atom. The molecule has 0 aliphatic rings. The van der Waals surface area contributed by atoms with E-state index in [-0.39, 0.29) is 11.3 Å². The number of aromatic carboxylic acids is 1. The molecule has 120 valence electrons. The van der Waals surface area contributed by atoms with Crippen LogP contribution in [0.3, 0.4) is 0 Å². The van der Waals surface area contributed by atoms with Gasteiger partial charge in [-0.25, -0.2) is 9.78 Å². The number of rotatable bonds is 5. The SMILES string of the molecule is O=C(O)c1ccc(Nc2nc(-c3ccc([N+](=O)[O-])cc3)cs2)cc1. The summed E-state index contributed by atoms with van der Waals surface area (Å²) in [5.41, 5.74) is 2.47. The highest BCUT2D eigenvalue weighted by molar-refractivity contribution is 7.14. The highest BCUT2D eigenvalue weighted by atomic mass is 32.1. The zero-order chi connectivity index (χ0) is 17.1. The molecule has 3 rings (SSSR count). The first kappa shape index (κ1) is 15.6. The zero-order valence-corrected chi connectivity index (χ0v) is 13.0. The highest BCUT2D eigenvalue weighted by Gasteiger charge is 2.09. The number of benzene rings is 2. The van der Waals surface area contributed by atoms with Gasteiger partial charge in [0.15, 0.2) is 5.13 Å². The average molecular weight is 341 g/mol. The van der Waals surface area contributed by atoms with Crippen molar-refractivity contribution in [2.45, 2.75) is 0 Å². The molecule has 2 N–H and O–H groups in total. The Balaban J connectivity index is 1.75. The van der Waals surface area contributed by atoms with Crippen molar-refractivity contribution in [2.24, 2.45) is 0 Å². The Morgan fingerprint density at radius 3 is 2.38 bits per heavy atom. The Hall–Kier alpha value is -3.26. The molecule has 0 radical (unpaired) electrons. The summed E-state index contributed by atoms with van der Waals surface area (Å²) in [4.78, 5) is 25.5. The first-order valence-electron chi connectivity index (χ1n) is 6.83. The summed E-state index contributed by atoms with van der Waals surface area (Å²) < 4.78 is 0. The van der Waals surface area contributed by atoms with E-state index in [0.29, 0.717) is 10.8 Å². The number of aromatic nitrogens is 1. The molecule has 1 aromatic heterocycles. The summed E-state index contributed by atoms with van der Waals surface area (Å²) in [6.45, 7) is 0. The van der Waals surface area contributed by atoms with Gasteiger partial charge in [0.05, 0.1) is 16.2 Å². The number of hydrogen-bond acceptors (Lipinski definition) is 6. The molecule has 2 aromatic carbocycles. The molecule has 7 nitrogen and oxygen atoms in total. The molecule has 0 saturated carbocycles. The van der Waals surface area contributed by atoms with Crippen molar-refractivity contribution in [3.05, 3.63) is 69.6 Å². The second-order valence-corrected chi connectivity index (χ2v) is 5.71. The number of thiazole rings is 1. The van der Waals surface area contributed by atoms with Crippen molar-refractivity contribution in [2.75, 3.05) is 5.32 Å². The van der Waals surface area contributed by atoms with Gasteiger partial charge in [0, 0.05) is 28.8 Å². The first-order valence-corrected chi connectivity index (χ1v) is 7.71. The van der Waals surface area contributed by atoms with Gasteiger partial charge in [-0.15, -0.1) is 11.3 Å². The number of nitrogens with one attached hydrogen (secondary N) is 1. The van der Waals surface area contributed by atoms with Gasteiger partial charge in [0.1, 0.15) is 0 Å². The van der Waals surface area contributed by atoms with Gasteiger partial charge in [0.25, 0.3) is 5.69 Å². The third kappa shape index (κ3) is 3.39. The van der Waals surface area contributed by atoms with Crippen LogP contribution in [0.2, 0.25) is 0 Å². The van der Waals surface area contributed by atoms with Crippen LogP contribution in [0.15, 0.2) is 53.9 Å². The van der Waals surface area contributed by atoms with Crippen LogP contribution in [0, 0.1) is 10.1 Å². The van der Waals surface area contributed by atoms with E-state index in [1.54, 1.807) is 24.3 Å². The van der Waals surface area contributed by atoms with E-state index in [9.17, 15) is 14.9 Å². The fourth-order valence-electron chi connectivity index (χ4n) is 2.04. The average Bonchev–Trinajstić information content (AvgIpc) is 3.04. The van der Waals surface area contributed by atoms with Crippen LogP contribution in [0.25, 0.3) is 11.3 Å². The molecule has 1 heterocycles. The van der Waals surface area contributed by atoms with Gasteiger partial charge < -0.3 is 10.4 Å². The topological polar surface area (TPSA) is 105 Å². The van der Waals surface area contributed by atoms with Crippen molar-refractivity contribution in [1.29, 1.82) is 0 Å². The molecular weight excluding hydrogens is 330 g/mol. The number of anilines is 2. The molecule has 0 atom stereocenters. The lowest BCUT2D eigenvalue weighted by molar-refractivity contribution is -0.384. The second-order valence-electron chi connectivity index (χ2n) is 4.85. The van der Waals surface area contributed by atoms with Gasteiger partial charge in [-0.1, -0.05) is 0 Å². The number of hydrogen-bond donors (Lipinski definition) is 2. The van der Waals surface area contributed by atoms with Crippen molar-refractivity contribution >= 4 is 33.8 Å². The molecule has 8 heteroatoms. The van der Waals surface area contributed by atoms with Crippen molar-refractivity contribution < 1.29 is 14.8 Å². The van der Waals surface area contributed by atoms with E-state index in [1.165, 1.54) is 35.6 Å². The number of nitrogens with zero attached hydrogens (tertiary/aromatic N) is 2. The van der Waals surface area contributed by atoms with Crippen LogP contribution >= 0.6 is 11.3 Å². The molecule has 0 saturated heterocycles. The molecule has 0 spiro atoms. The predicted molar refractivity (Wildman–Crippen MR) is 90.9 cm³/mol. The molecular formula is C16H11N3O4S. The Kier molecular flexibility index (Phi) is 4.21. The molecule has 3 aromatic rings. The molecule has 0 bridgehead atoms. The predicted octanol–water partition coefficient (Wildman–Crippen LogP) is 4.16. The number of carboxylic acids is 1. The molecule has 0 aliphatic heterocycles. The summed E-state index contributed by atoms with van der Waals surface area (Å²) in [5.74, 6) is -0.976. The third-order valence-electron chi connectivity index (χ3n) is 3.26. The van der Waals surface area contributed by atoms with Gasteiger partial charge in [-0.2, -0.15) is 0 Å². The standard InChI is InChI=1S/C16H11N3O4S/c20-15(21)11-1-5-12(6-2-11)17-16-18-14(9-24-16)10-3-7-13(8-4-10)19(22)23/h1-9H,(H,17,18)(H,20,21). The fourth-order valence-corrected chi connectivity index (χ4v) is 2.78. The second kappa shape index (κ2) is 6.47. The van der Waals surface area contributed by atoms with E-state index >= 15 is 0 Å². The Labute approximate surface area is 140 Å². The summed E-state index contributed by atoms with van der Waals surface area (Å²) >= 11 is 1.39. The Morgan fingerprint density at radius 2 is 1.79 bits per heavy atom. The monoisotopic (exact) mass is 341 g/mol. The first-order chi connectivity index (χ1) is 11.5. The number of nitro benzene ring substituents is 1. The number of carbonyl (C=O) groups is 1. The fraction of sp³-hybridized carbons (Fsp3) is 0. The van der Waals surface area contributed by atoms with Gasteiger partial charge in [-0.3, -0.25) is 10.1 Å². The maximum Gasteiger partial charge on any atom is 0.335 e. The normalized spacial score (nSPS) is 10.3. The van der Waals surface area contributed by atoms with E-state index in [0.717, 1.165) is 11.3 Å². The van der Waals surface area contributed by atoms with Crippen molar-refractivity contribution in [3.63, 3.8) is 0 Å². The lowest BCUT2D eigenvalue weighted by Crippen LogP contribution is -1.96. The minimum absolute atomic E-state index is 0.0332. The summed E-state index contributed by atoms with van der Waals surface area (Å²) in [6, 6.07) is 12.5. The lowest BCUT2D eigenvalue weighted by Gasteiger charge is -2.02. The van der Waals surface area contributed by atoms with E-state index in [4.69, 9.17) is 5.11 Å². The van der Waals surface area contributed by atoms with Gasteiger partial charge >= 0.3 is 5.97 Å². The van der Waals surface area contributed by atoms with Crippen LogP contribution in [0.1, 0.15) is 10.4 Å². The third-order valence-corrected chi connectivity index (χ3v) is 4.02. The summed E-state index contributed by atoms with van der Waals surface area (Å²) in [6.07, 6.45) is 0. The zero-order valence-electron chi connectivity index (χ0n) is 12.2. The maximum absolute atomic E-state index is 10.8. The largest absolute Gasteiger partial charge is 0.478 e. The lowest BCUT2D eigenvalue weighted by atomic mass is 10.1. The minimum Gasteiger partial charge on any atom is -0.478 e. The molecule has 0 aliphatic carbocycles. The van der Waals surface area contributed by atoms with E-state index in [2.05, 4.69) is 10.3 Å². The number of nitro groups is 1. The summed E-state index contributed by atoms with van der Waals surface area (Å²) in [7, 11) is 0. The van der Waals surface area contributed by atoms with Crippen molar-refractivity contribution in [1.82, 2.24) is 4.98 Å². The minimum atomic E-state index is -0.976. The van der Waals surface area contributed by atoms with Crippen LogP contribution < -0.4 is 5.32 Å². The molecule has 0 amide bonds. The van der Waals surface area contributed by atoms with Crippen LogP contribution in [-0.4, -0.2) is 21.0 Å². The van der Waals surface area contributed by atoms with Crippen LogP contribution in [0.5, 0.6) is 0 Å². The molecule has 0 unspecified atom stereocenters. The number of carboxylic acid groups (broad SMARTS) is 1. The van der Waals surface area contributed by atoms with Crippen LogP contribution in [-0.2, 0) is 0 Å². The van der Waals surface area contributed by atoms with E-state index < -0.39 is 10.9 Å². The van der Waals surface area contributed by atoms with Gasteiger partial charge in [0.2, 0.25) is 0 Å².